The first kappa shape index (κ1) is 12.0. The van der Waals surface area contributed by atoms with Crippen LogP contribution in [0.15, 0.2) is 48.8 Å². The Hall–Kier alpha value is -2.06. The van der Waals surface area contributed by atoms with Crippen molar-refractivity contribution in [2.24, 2.45) is 0 Å². The fraction of sp³-hybridized carbons (Fsp3) is 0.0625. The van der Waals surface area contributed by atoms with Gasteiger partial charge in [-0.1, -0.05) is 29.8 Å². The zero-order valence-electron chi connectivity index (χ0n) is 10.4. The zero-order chi connectivity index (χ0) is 13.2. The Kier molecular flexibility index (Phi) is 3.10. The Morgan fingerprint density at radius 1 is 1.11 bits per heavy atom. The number of methoxy groups -OCH3 is 1. The molecule has 3 rings (SSSR count). The molecule has 19 heavy (non-hydrogen) atoms. The number of halogens is 1. The number of hydrogen-bond acceptors (Lipinski definition) is 2. The van der Waals surface area contributed by atoms with Crippen molar-refractivity contribution in [3.63, 3.8) is 0 Å². The van der Waals surface area contributed by atoms with Gasteiger partial charge in [-0.25, -0.2) is 0 Å². The minimum absolute atomic E-state index is 0.712. The summed E-state index contributed by atoms with van der Waals surface area (Å²) in [4.78, 5) is 4.26. The average molecular weight is 269 g/mol. The fourth-order valence-corrected chi connectivity index (χ4v) is 2.32. The minimum Gasteiger partial charge on any atom is -0.496 e. The van der Waals surface area contributed by atoms with Crippen molar-refractivity contribution in [2.45, 2.75) is 0 Å². The summed E-state index contributed by atoms with van der Waals surface area (Å²) in [5, 5.41) is 2.75. The third kappa shape index (κ3) is 2.15. The van der Waals surface area contributed by atoms with Gasteiger partial charge in [0, 0.05) is 34.4 Å². The lowest BCUT2D eigenvalue weighted by Gasteiger charge is -2.08. The van der Waals surface area contributed by atoms with Crippen LogP contribution in [0.1, 0.15) is 0 Å². The highest BCUT2D eigenvalue weighted by Gasteiger charge is 2.06. The second kappa shape index (κ2) is 4.90. The second-order valence-electron chi connectivity index (χ2n) is 4.17. The monoisotopic (exact) mass is 268 g/mol. The molecule has 0 spiro atoms. The van der Waals surface area contributed by atoms with E-state index in [1.54, 1.807) is 13.3 Å². The normalized spacial score (nSPS) is 10.6. The summed E-state index contributed by atoms with van der Waals surface area (Å²) >= 11 is 6.20. The molecule has 2 nitrogen and oxygen atoms in total. The molecule has 1 aromatic heterocycles. The molecule has 3 heteroatoms. The first-order chi connectivity index (χ1) is 9.29. The predicted octanol–water partition coefficient (Wildman–Crippen LogP) is 4.36. The molecule has 1 heterocycles. The van der Waals surface area contributed by atoms with Crippen LogP contribution in [0.4, 0.5) is 0 Å². The first-order valence-electron chi connectivity index (χ1n) is 5.88. The number of fused-ring (bicyclic) bond motifs is 1. The van der Waals surface area contributed by atoms with Crippen LogP contribution in [0.5, 0.6) is 5.75 Å². The molecule has 0 fully saturated rings. The van der Waals surface area contributed by atoms with Gasteiger partial charge in [-0.05, 0) is 29.1 Å². The fourth-order valence-electron chi connectivity index (χ4n) is 2.09. The summed E-state index contributed by atoms with van der Waals surface area (Å²) in [6.45, 7) is 0. The Bertz CT molecular complexity index is 722. The van der Waals surface area contributed by atoms with Crippen molar-refractivity contribution < 1.29 is 4.74 Å². The van der Waals surface area contributed by atoms with Gasteiger partial charge in [-0.15, -0.1) is 0 Å². The van der Waals surface area contributed by atoms with Gasteiger partial charge >= 0.3 is 0 Å². The van der Waals surface area contributed by atoms with Crippen LogP contribution in [0.25, 0.3) is 21.9 Å². The Morgan fingerprint density at radius 2 is 2.00 bits per heavy atom. The van der Waals surface area contributed by atoms with E-state index in [1.165, 1.54) is 0 Å². The predicted molar refractivity (Wildman–Crippen MR) is 77.6 cm³/mol. The molecule has 0 saturated carbocycles. The van der Waals surface area contributed by atoms with Crippen molar-refractivity contribution in [3.05, 3.63) is 59.9 Å². The van der Waals surface area contributed by atoms with Crippen LogP contribution >= 0.6 is 11.6 Å². The van der Waals surface area contributed by atoms with Crippen LogP contribution in [0.2, 0.25) is 5.02 Å². The van der Waals surface area contributed by atoms with Crippen LogP contribution in [0, 0.1) is 6.07 Å². The van der Waals surface area contributed by atoms with Gasteiger partial charge < -0.3 is 4.74 Å². The SMILES string of the molecule is COc1[c]cc(-c2cncc3c(Cl)cccc23)cc1. The molecule has 0 aliphatic carbocycles. The van der Waals surface area contributed by atoms with Gasteiger partial charge in [-0.3, -0.25) is 4.98 Å². The van der Waals surface area contributed by atoms with E-state index in [9.17, 15) is 0 Å². The van der Waals surface area contributed by atoms with E-state index in [1.807, 2.05) is 42.6 Å². The van der Waals surface area contributed by atoms with Crippen molar-refractivity contribution >= 4 is 22.4 Å². The number of benzene rings is 2. The highest BCUT2D eigenvalue weighted by molar-refractivity contribution is 6.35. The van der Waals surface area contributed by atoms with Crippen LogP contribution in [-0.4, -0.2) is 12.1 Å². The Labute approximate surface area is 116 Å². The van der Waals surface area contributed by atoms with E-state index in [2.05, 4.69) is 11.1 Å². The summed E-state index contributed by atoms with van der Waals surface area (Å²) in [5.41, 5.74) is 2.08. The smallest absolute Gasteiger partial charge is 0.126 e. The molecule has 0 saturated heterocycles. The molecule has 0 N–H and O–H groups in total. The van der Waals surface area contributed by atoms with E-state index in [-0.39, 0.29) is 0 Å². The molecule has 2 aromatic carbocycles. The van der Waals surface area contributed by atoms with Crippen molar-refractivity contribution in [1.29, 1.82) is 0 Å². The van der Waals surface area contributed by atoms with E-state index in [0.29, 0.717) is 5.02 Å². The maximum Gasteiger partial charge on any atom is 0.126 e. The molecular formula is C16H11ClNO. The number of nitrogens with zero attached hydrogens (tertiary/aromatic N) is 1. The highest BCUT2D eigenvalue weighted by atomic mass is 35.5. The number of aromatic nitrogens is 1. The molecule has 3 aromatic rings. The van der Waals surface area contributed by atoms with Crippen LogP contribution in [0.3, 0.4) is 0 Å². The highest BCUT2D eigenvalue weighted by Crippen LogP contribution is 2.31. The van der Waals surface area contributed by atoms with E-state index < -0.39 is 0 Å². The maximum absolute atomic E-state index is 6.20. The second-order valence-corrected chi connectivity index (χ2v) is 4.57. The summed E-state index contributed by atoms with van der Waals surface area (Å²) < 4.78 is 5.12. The molecule has 93 valence electrons. The van der Waals surface area contributed by atoms with Gasteiger partial charge in [0.1, 0.15) is 5.75 Å². The van der Waals surface area contributed by atoms with Gasteiger partial charge in [0.05, 0.1) is 7.11 Å². The molecule has 0 bridgehead atoms. The largest absolute Gasteiger partial charge is 0.496 e. The maximum atomic E-state index is 6.20. The molecule has 0 unspecified atom stereocenters. The molecule has 0 aliphatic heterocycles. The Morgan fingerprint density at radius 3 is 2.74 bits per heavy atom. The van der Waals surface area contributed by atoms with Gasteiger partial charge in [-0.2, -0.15) is 0 Å². The topological polar surface area (TPSA) is 22.1 Å². The molecular weight excluding hydrogens is 258 g/mol. The molecule has 0 atom stereocenters. The van der Waals surface area contributed by atoms with E-state index in [0.717, 1.165) is 27.6 Å². The lowest BCUT2D eigenvalue weighted by atomic mass is 10.0. The van der Waals surface area contributed by atoms with Crippen LogP contribution < -0.4 is 4.74 Å². The van der Waals surface area contributed by atoms with E-state index in [4.69, 9.17) is 16.3 Å². The average Bonchev–Trinajstić information content (AvgIpc) is 2.47. The standard InChI is InChI=1S/C16H11ClNO/c1-19-12-7-5-11(6-8-12)14-9-18-10-15-13(14)3-2-4-16(15)17/h2-7,9-10H,1H3. The summed E-state index contributed by atoms with van der Waals surface area (Å²) in [6.07, 6.45) is 3.63. The number of hydrogen-bond donors (Lipinski definition) is 0. The summed E-state index contributed by atoms with van der Waals surface area (Å²) in [6, 6.07) is 14.7. The number of ether oxygens (including phenoxy) is 1. The minimum atomic E-state index is 0.712. The number of rotatable bonds is 2. The van der Waals surface area contributed by atoms with E-state index >= 15 is 0 Å². The third-order valence-corrected chi connectivity index (χ3v) is 3.40. The molecule has 1 radical (unpaired) electrons. The first-order valence-corrected chi connectivity index (χ1v) is 6.26. The summed E-state index contributed by atoms with van der Waals surface area (Å²) in [5.74, 6) is 0.718. The van der Waals surface area contributed by atoms with Crippen molar-refractivity contribution in [1.82, 2.24) is 4.98 Å². The Balaban J connectivity index is 2.21. The van der Waals surface area contributed by atoms with Gasteiger partial charge in [0.2, 0.25) is 0 Å². The quantitative estimate of drug-likeness (QED) is 0.689. The van der Waals surface area contributed by atoms with Crippen LogP contribution in [-0.2, 0) is 0 Å². The summed E-state index contributed by atoms with van der Waals surface area (Å²) in [7, 11) is 1.63. The number of pyridine rings is 1. The van der Waals surface area contributed by atoms with Crippen molar-refractivity contribution in [2.75, 3.05) is 7.11 Å². The lowest BCUT2D eigenvalue weighted by Crippen LogP contribution is -1.86. The lowest BCUT2D eigenvalue weighted by molar-refractivity contribution is 0.414. The van der Waals surface area contributed by atoms with Gasteiger partial charge in [0.25, 0.3) is 0 Å². The molecule has 0 amide bonds. The van der Waals surface area contributed by atoms with Crippen molar-refractivity contribution in [3.8, 4) is 16.9 Å². The van der Waals surface area contributed by atoms with Gasteiger partial charge in [0.15, 0.2) is 0 Å². The molecule has 0 aliphatic rings. The third-order valence-electron chi connectivity index (χ3n) is 3.07. The zero-order valence-corrected chi connectivity index (χ0v) is 11.1.